The highest BCUT2D eigenvalue weighted by atomic mass is 32.2. The van der Waals surface area contributed by atoms with Gasteiger partial charge in [0.2, 0.25) is 10.0 Å². The highest BCUT2D eigenvalue weighted by Crippen LogP contribution is 2.41. The lowest BCUT2D eigenvalue weighted by Crippen LogP contribution is -2.30. The van der Waals surface area contributed by atoms with E-state index in [1.54, 1.807) is 29.2 Å². The van der Waals surface area contributed by atoms with Crippen molar-refractivity contribution >= 4 is 15.9 Å². The first-order chi connectivity index (χ1) is 12.9. The van der Waals surface area contributed by atoms with Crippen LogP contribution in [-0.2, 0) is 10.0 Å². The summed E-state index contributed by atoms with van der Waals surface area (Å²) in [5.74, 6) is -0.366. The third-order valence-electron chi connectivity index (χ3n) is 4.86. The third-order valence-corrected chi connectivity index (χ3v) is 6.36. The lowest BCUT2D eigenvalue weighted by Gasteiger charge is -2.18. The van der Waals surface area contributed by atoms with Crippen molar-refractivity contribution < 1.29 is 17.6 Å². The van der Waals surface area contributed by atoms with E-state index in [2.05, 4.69) is 4.72 Å². The van der Waals surface area contributed by atoms with Crippen LogP contribution in [0.4, 0.5) is 4.39 Å². The normalized spacial score (nSPS) is 18.9. The quantitative estimate of drug-likeness (QED) is 0.790. The molecule has 1 N–H and O–H groups in total. The van der Waals surface area contributed by atoms with Crippen molar-refractivity contribution in [3.05, 3.63) is 65.5 Å². The minimum absolute atomic E-state index is 0.0592. The van der Waals surface area contributed by atoms with E-state index in [-0.39, 0.29) is 28.6 Å². The van der Waals surface area contributed by atoms with Gasteiger partial charge in [0.15, 0.2) is 0 Å². The van der Waals surface area contributed by atoms with Gasteiger partial charge in [-0.1, -0.05) is 12.1 Å². The molecule has 0 heterocycles. The number of hydrogen-bond donors (Lipinski definition) is 1. The van der Waals surface area contributed by atoms with Gasteiger partial charge < -0.3 is 4.90 Å². The van der Waals surface area contributed by atoms with Gasteiger partial charge in [0, 0.05) is 30.6 Å². The van der Waals surface area contributed by atoms with Crippen molar-refractivity contribution in [3.8, 4) is 0 Å². The van der Waals surface area contributed by atoms with Crippen molar-refractivity contribution in [3.63, 3.8) is 0 Å². The maximum Gasteiger partial charge on any atom is 0.253 e. The molecule has 27 heavy (non-hydrogen) atoms. The van der Waals surface area contributed by atoms with E-state index in [0.29, 0.717) is 25.1 Å². The molecule has 0 bridgehead atoms. The van der Waals surface area contributed by atoms with Crippen LogP contribution in [0.2, 0.25) is 0 Å². The number of halogens is 1. The smallest absolute Gasteiger partial charge is 0.253 e. The predicted octanol–water partition coefficient (Wildman–Crippen LogP) is 3.14. The summed E-state index contributed by atoms with van der Waals surface area (Å²) >= 11 is 0. The Kier molecular flexibility index (Phi) is 5.62. The van der Waals surface area contributed by atoms with Crippen LogP contribution < -0.4 is 4.72 Å². The average Bonchev–Trinajstić information content (AvgIpc) is 3.41. The largest absolute Gasteiger partial charge is 0.339 e. The molecule has 0 spiro atoms. The molecule has 1 fully saturated rings. The first-order valence-corrected chi connectivity index (χ1v) is 10.5. The van der Waals surface area contributed by atoms with Gasteiger partial charge in [0.05, 0.1) is 4.90 Å². The molecule has 0 saturated heterocycles. The van der Waals surface area contributed by atoms with E-state index in [4.69, 9.17) is 0 Å². The summed E-state index contributed by atoms with van der Waals surface area (Å²) in [6.07, 6.45) is 0.684. The van der Waals surface area contributed by atoms with E-state index < -0.39 is 10.0 Å². The van der Waals surface area contributed by atoms with E-state index in [0.717, 1.165) is 5.56 Å². The topological polar surface area (TPSA) is 66.5 Å². The summed E-state index contributed by atoms with van der Waals surface area (Å²) in [4.78, 5) is 14.1. The number of nitrogens with one attached hydrogen (secondary N) is 1. The lowest BCUT2D eigenvalue weighted by molar-refractivity contribution is 0.0773. The van der Waals surface area contributed by atoms with E-state index >= 15 is 0 Å². The fourth-order valence-corrected chi connectivity index (χ4v) is 4.43. The zero-order valence-electron chi connectivity index (χ0n) is 15.4. The summed E-state index contributed by atoms with van der Waals surface area (Å²) in [6.45, 7) is 5.00. The minimum atomic E-state index is -3.67. The molecular weight excluding hydrogens is 367 g/mol. The maximum absolute atomic E-state index is 13.0. The molecule has 0 aliphatic heterocycles. The van der Waals surface area contributed by atoms with Crippen LogP contribution in [0.3, 0.4) is 0 Å². The second kappa shape index (κ2) is 7.78. The standard InChI is InChI=1S/C20H23FN2O3S/c1-3-23(4-2)20(24)15-7-11-17(12-8-15)27(25,26)22-19-13-18(19)14-5-9-16(21)10-6-14/h5-12,18-19,22H,3-4,13H2,1-2H3/t18-,19+/m0/s1. The van der Waals surface area contributed by atoms with Gasteiger partial charge >= 0.3 is 0 Å². The van der Waals surface area contributed by atoms with Gasteiger partial charge in [-0.2, -0.15) is 0 Å². The SMILES string of the molecule is CCN(CC)C(=O)c1ccc(S(=O)(=O)N[C@@H]2C[C@H]2c2ccc(F)cc2)cc1. The predicted molar refractivity (Wildman–Crippen MR) is 102 cm³/mol. The summed E-state index contributed by atoms with van der Waals surface area (Å²) in [7, 11) is -3.67. The highest BCUT2D eigenvalue weighted by Gasteiger charge is 2.41. The molecule has 5 nitrogen and oxygen atoms in total. The molecule has 0 unspecified atom stereocenters. The number of nitrogens with zero attached hydrogens (tertiary/aromatic N) is 1. The molecule has 3 rings (SSSR count). The number of rotatable bonds is 7. The number of hydrogen-bond acceptors (Lipinski definition) is 3. The molecule has 1 aliphatic rings. The van der Waals surface area contributed by atoms with E-state index in [9.17, 15) is 17.6 Å². The first-order valence-electron chi connectivity index (χ1n) is 9.02. The molecular formula is C20H23FN2O3S. The second-order valence-corrected chi connectivity index (χ2v) is 8.34. The Hall–Kier alpha value is -2.25. The zero-order valence-corrected chi connectivity index (χ0v) is 16.2. The molecule has 7 heteroatoms. The van der Waals surface area contributed by atoms with Crippen molar-refractivity contribution in [2.75, 3.05) is 13.1 Å². The Morgan fingerprint density at radius 3 is 2.22 bits per heavy atom. The van der Waals surface area contributed by atoms with Crippen molar-refractivity contribution in [2.45, 2.75) is 37.1 Å². The fourth-order valence-electron chi connectivity index (χ4n) is 3.14. The van der Waals surface area contributed by atoms with Gasteiger partial charge in [0.25, 0.3) is 5.91 Å². The Morgan fingerprint density at radius 2 is 1.67 bits per heavy atom. The Bertz CT molecular complexity index is 907. The average molecular weight is 390 g/mol. The number of sulfonamides is 1. The van der Waals surface area contributed by atoms with Gasteiger partial charge in [0.1, 0.15) is 5.82 Å². The first kappa shape index (κ1) is 19.5. The highest BCUT2D eigenvalue weighted by molar-refractivity contribution is 7.89. The Morgan fingerprint density at radius 1 is 1.07 bits per heavy atom. The third kappa shape index (κ3) is 4.36. The van der Waals surface area contributed by atoms with Crippen LogP contribution in [0.1, 0.15) is 42.1 Å². The van der Waals surface area contributed by atoms with E-state index in [1.807, 2.05) is 13.8 Å². The Balaban J connectivity index is 1.67. The molecule has 1 amide bonds. The van der Waals surface area contributed by atoms with Crippen LogP contribution in [0.15, 0.2) is 53.4 Å². The fraction of sp³-hybridized carbons (Fsp3) is 0.350. The van der Waals surface area contributed by atoms with Crippen molar-refractivity contribution in [1.82, 2.24) is 9.62 Å². The van der Waals surface area contributed by atoms with Crippen LogP contribution in [0, 0.1) is 5.82 Å². The van der Waals surface area contributed by atoms with Crippen molar-refractivity contribution in [1.29, 1.82) is 0 Å². The number of carbonyl (C=O) groups excluding carboxylic acids is 1. The number of amides is 1. The molecule has 0 radical (unpaired) electrons. The lowest BCUT2D eigenvalue weighted by atomic mass is 10.1. The zero-order chi connectivity index (χ0) is 19.6. The molecule has 144 valence electrons. The molecule has 0 aromatic heterocycles. The van der Waals surface area contributed by atoms with Gasteiger partial charge in [-0.05, 0) is 62.2 Å². The summed E-state index contributed by atoms with van der Waals surface area (Å²) in [6, 6.07) is 11.9. The number of benzene rings is 2. The van der Waals surface area contributed by atoms with Crippen LogP contribution in [0.5, 0.6) is 0 Å². The molecule has 2 aromatic carbocycles. The second-order valence-electron chi connectivity index (χ2n) is 6.62. The van der Waals surface area contributed by atoms with Gasteiger partial charge in [-0.15, -0.1) is 0 Å². The van der Waals surface area contributed by atoms with Gasteiger partial charge in [-0.3, -0.25) is 4.79 Å². The molecule has 1 saturated carbocycles. The maximum atomic E-state index is 13.0. The van der Waals surface area contributed by atoms with Gasteiger partial charge in [-0.25, -0.2) is 17.5 Å². The summed E-state index contributed by atoms with van der Waals surface area (Å²) in [5, 5.41) is 0. The minimum Gasteiger partial charge on any atom is -0.339 e. The summed E-state index contributed by atoms with van der Waals surface area (Å²) in [5.41, 5.74) is 1.39. The monoisotopic (exact) mass is 390 g/mol. The van der Waals surface area contributed by atoms with E-state index in [1.165, 1.54) is 24.3 Å². The van der Waals surface area contributed by atoms with Crippen LogP contribution in [-0.4, -0.2) is 38.4 Å². The van der Waals surface area contributed by atoms with Crippen molar-refractivity contribution in [2.24, 2.45) is 0 Å². The Labute approximate surface area is 159 Å². The molecule has 1 aliphatic carbocycles. The number of carbonyl (C=O) groups is 1. The summed E-state index contributed by atoms with van der Waals surface area (Å²) < 4.78 is 40.8. The van der Waals surface area contributed by atoms with Crippen LogP contribution >= 0.6 is 0 Å². The molecule has 2 atom stereocenters. The molecule has 2 aromatic rings. The van der Waals surface area contributed by atoms with Crippen LogP contribution in [0.25, 0.3) is 0 Å².